The summed E-state index contributed by atoms with van der Waals surface area (Å²) in [4.78, 5) is 12.4. The molecule has 1 aromatic carbocycles. The SMILES string of the molecule is NC(=S)c1cc(Br)ccc1NC(=O)C1CCCOC1. The molecule has 3 N–H and O–H groups in total. The number of rotatable bonds is 3. The predicted octanol–water partition coefficient (Wildman–Crippen LogP) is 2.45. The highest BCUT2D eigenvalue weighted by Gasteiger charge is 2.22. The van der Waals surface area contributed by atoms with Crippen molar-refractivity contribution in [3.05, 3.63) is 28.2 Å². The monoisotopic (exact) mass is 342 g/mol. The Morgan fingerprint density at radius 1 is 1.53 bits per heavy atom. The highest BCUT2D eigenvalue weighted by Crippen LogP contribution is 2.23. The van der Waals surface area contributed by atoms with E-state index in [9.17, 15) is 4.79 Å². The predicted molar refractivity (Wildman–Crippen MR) is 82.2 cm³/mol. The van der Waals surface area contributed by atoms with Crippen LogP contribution in [0.15, 0.2) is 22.7 Å². The summed E-state index contributed by atoms with van der Waals surface area (Å²) in [6.07, 6.45) is 1.77. The van der Waals surface area contributed by atoms with Crippen molar-refractivity contribution in [3.8, 4) is 0 Å². The zero-order valence-corrected chi connectivity index (χ0v) is 12.7. The number of carbonyl (C=O) groups is 1. The van der Waals surface area contributed by atoms with Crippen LogP contribution in [0.2, 0.25) is 0 Å². The number of anilines is 1. The van der Waals surface area contributed by atoms with Crippen molar-refractivity contribution >= 4 is 44.7 Å². The van der Waals surface area contributed by atoms with E-state index >= 15 is 0 Å². The molecule has 1 unspecified atom stereocenters. The van der Waals surface area contributed by atoms with Gasteiger partial charge in [0, 0.05) is 16.6 Å². The van der Waals surface area contributed by atoms with Crippen LogP contribution in [0.3, 0.4) is 0 Å². The molecule has 1 saturated heterocycles. The highest BCUT2D eigenvalue weighted by atomic mass is 79.9. The molecular weight excluding hydrogens is 328 g/mol. The van der Waals surface area contributed by atoms with E-state index in [-0.39, 0.29) is 16.8 Å². The Hall–Kier alpha value is -0.980. The molecule has 4 nitrogen and oxygen atoms in total. The fourth-order valence-corrected chi connectivity index (χ4v) is 2.54. The van der Waals surface area contributed by atoms with Gasteiger partial charge in [-0.1, -0.05) is 28.1 Å². The van der Waals surface area contributed by atoms with Gasteiger partial charge in [-0.05, 0) is 31.0 Å². The van der Waals surface area contributed by atoms with Crippen LogP contribution in [-0.2, 0) is 9.53 Å². The minimum Gasteiger partial charge on any atom is -0.389 e. The zero-order valence-electron chi connectivity index (χ0n) is 10.3. The number of hydrogen-bond donors (Lipinski definition) is 2. The number of nitrogens with two attached hydrogens (primary N) is 1. The minimum atomic E-state index is -0.100. The van der Waals surface area contributed by atoms with Crippen LogP contribution in [0.25, 0.3) is 0 Å². The lowest BCUT2D eigenvalue weighted by atomic mass is 10.0. The Bertz CT molecular complexity index is 501. The first-order valence-electron chi connectivity index (χ1n) is 6.06. The van der Waals surface area contributed by atoms with E-state index in [0.29, 0.717) is 17.9 Å². The second-order valence-corrected chi connectivity index (χ2v) is 5.81. The maximum Gasteiger partial charge on any atom is 0.229 e. The molecule has 1 atom stereocenters. The largest absolute Gasteiger partial charge is 0.389 e. The molecule has 1 amide bonds. The first-order chi connectivity index (χ1) is 9.08. The van der Waals surface area contributed by atoms with E-state index in [1.165, 1.54) is 0 Å². The molecule has 0 radical (unpaired) electrons. The third kappa shape index (κ3) is 3.75. The maximum absolute atomic E-state index is 12.1. The summed E-state index contributed by atoms with van der Waals surface area (Å²) >= 11 is 8.36. The van der Waals surface area contributed by atoms with Gasteiger partial charge in [0.2, 0.25) is 5.91 Å². The molecule has 1 aliphatic rings. The molecule has 102 valence electrons. The third-order valence-corrected chi connectivity index (χ3v) is 3.75. The van der Waals surface area contributed by atoms with E-state index in [0.717, 1.165) is 23.9 Å². The van der Waals surface area contributed by atoms with Crippen LogP contribution >= 0.6 is 28.1 Å². The van der Waals surface area contributed by atoms with Crippen LogP contribution in [-0.4, -0.2) is 24.1 Å². The Morgan fingerprint density at radius 2 is 2.32 bits per heavy atom. The summed E-state index contributed by atoms with van der Waals surface area (Å²) in [7, 11) is 0. The first kappa shape index (κ1) is 14.4. The maximum atomic E-state index is 12.1. The van der Waals surface area contributed by atoms with Crippen LogP contribution in [0.5, 0.6) is 0 Å². The molecule has 1 aromatic rings. The molecule has 0 saturated carbocycles. The molecule has 1 fully saturated rings. The van der Waals surface area contributed by atoms with Gasteiger partial charge in [-0.15, -0.1) is 0 Å². The first-order valence-corrected chi connectivity index (χ1v) is 7.26. The number of thiocarbonyl (C=S) groups is 1. The van der Waals surface area contributed by atoms with Crippen molar-refractivity contribution in [2.24, 2.45) is 11.7 Å². The Balaban J connectivity index is 2.13. The average Bonchev–Trinajstić information content (AvgIpc) is 2.41. The molecular formula is C13H15BrN2O2S. The molecule has 0 spiro atoms. The second-order valence-electron chi connectivity index (χ2n) is 4.46. The van der Waals surface area contributed by atoms with E-state index in [4.69, 9.17) is 22.7 Å². The number of carbonyl (C=O) groups excluding carboxylic acids is 1. The van der Waals surface area contributed by atoms with E-state index in [1.54, 1.807) is 12.1 Å². The molecule has 0 aromatic heterocycles. The van der Waals surface area contributed by atoms with Gasteiger partial charge in [0.15, 0.2) is 0 Å². The molecule has 0 aliphatic carbocycles. The molecule has 6 heteroatoms. The molecule has 1 heterocycles. The van der Waals surface area contributed by atoms with Crippen molar-refractivity contribution in [1.29, 1.82) is 0 Å². The highest BCUT2D eigenvalue weighted by molar-refractivity contribution is 9.10. The van der Waals surface area contributed by atoms with Crippen molar-refractivity contribution in [2.75, 3.05) is 18.5 Å². The fraction of sp³-hybridized carbons (Fsp3) is 0.385. The Labute approximate surface area is 125 Å². The number of ether oxygens (including phenoxy) is 1. The summed E-state index contributed by atoms with van der Waals surface area (Å²) in [6.45, 7) is 1.21. The van der Waals surface area contributed by atoms with Gasteiger partial charge >= 0.3 is 0 Å². The quantitative estimate of drug-likeness (QED) is 0.828. The van der Waals surface area contributed by atoms with Crippen molar-refractivity contribution in [2.45, 2.75) is 12.8 Å². The summed E-state index contributed by atoms with van der Waals surface area (Å²) in [6, 6.07) is 5.43. The number of nitrogens with one attached hydrogen (secondary N) is 1. The Morgan fingerprint density at radius 3 is 2.95 bits per heavy atom. The van der Waals surface area contributed by atoms with E-state index in [1.807, 2.05) is 6.07 Å². The normalized spacial score (nSPS) is 18.9. The van der Waals surface area contributed by atoms with Crippen LogP contribution in [0, 0.1) is 5.92 Å². The minimum absolute atomic E-state index is 0.0421. The van der Waals surface area contributed by atoms with Crippen molar-refractivity contribution in [1.82, 2.24) is 0 Å². The smallest absolute Gasteiger partial charge is 0.229 e. The summed E-state index contributed by atoms with van der Waals surface area (Å²) in [5, 5.41) is 2.88. The van der Waals surface area contributed by atoms with E-state index in [2.05, 4.69) is 21.2 Å². The van der Waals surface area contributed by atoms with Crippen LogP contribution < -0.4 is 11.1 Å². The summed E-state index contributed by atoms with van der Waals surface area (Å²) in [5.41, 5.74) is 6.98. The van der Waals surface area contributed by atoms with Crippen molar-refractivity contribution in [3.63, 3.8) is 0 Å². The number of hydrogen-bond acceptors (Lipinski definition) is 3. The van der Waals surface area contributed by atoms with Gasteiger partial charge in [0.25, 0.3) is 0 Å². The number of amides is 1. The van der Waals surface area contributed by atoms with Gasteiger partial charge in [-0.2, -0.15) is 0 Å². The lowest BCUT2D eigenvalue weighted by Crippen LogP contribution is -2.30. The lowest BCUT2D eigenvalue weighted by Gasteiger charge is -2.22. The van der Waals surface area contributed by atoms with Gasteiger partial charge in [0.05, 0.1) is 18.2 Å². The van der Waals surface area contributed by atoms with Gasteiger partial charge < -0.3 is 15.8 Å². The zero-order chi connectivity index (χ0) is 13.8. The van der Waals surface area contributed by atoms with Crippen molar-refractivity contribution < 1.29 is 9.53 Å². The average molecular weight is 343 g/mol. The topological polar surface area (TPSA) is 64.3 Å². The van der Waals surface area contributed by atoms with Gasteiger partial charge in [-0.25, -0.2) is 0 Å². The fourth-order valence-electron chi connectivity index (χ4n) is 2.01. The standard InChI is InChI=1S/C13H15BrN2O2S/c14-9-3-4-11(10(6-9)12(15)19)16-13(17)8-2-1-5-18-7-8/h3-4,6,8H,1-2,5,7H2,(H2,15,19)(H,16,17). The molecule has 1 aliphatic heterocycles. The lowest BCUT2D eigenvalue weighted by molar-refractivity contribution is -0.123. The Kier molecular flexibility index (Phi) is 4.90. The van der Waals surface area contributed by atoms with Gasteiger partial charge in [-0.3, -0.25) is 4.79 Å². The number of benzene rings is 1. The number of halogens is 1. The van der Waals surface area contributed by atoms with Crippen LogP contribution in [0.4, 0.5) is 5.69 Å². The molecule has 19 heavy (non-hydrogen) atoms. The molecule has 2 rings (SSSR count). The third-order valence-electron chi connectivity index (χ3n) is 3.04. The summed E-state index contributed by atoms with van der Waals surface area (Å²) in [5.74, 6) is -0.142. The van der Waals surface area contributed by atoms with E-state index < -0.39 is 0 Å². The second kappa shape index (κ2) is 6.45. The summed E-state index contributed by atoms with van der Waals surface area (Å²) < 4.78 is 6.19. The van der Waals surface area contributed by atoms with Crippen LogP contribution in [0.1, 0.15) is 18.4 Å². The van der Waals surface area contributed by atoms with Gasteiger partial charge in [0.1, 0.15) is 4.99 Å². The molecule has 0 bridgehead atoms.